The molecule has 5 nitrogen and oxygen atoms in total. The molecule has 0 aromatic heterocycles. The van der Waals surface area contributed by atoms with E-state index in [0.717, 1.165) is 24.0 Å². The van der Waals surface area contributed by atoms with Gasteiger partial charge in [-0.15, -0.1) is 0 Å². The van der Waals surface area contributed by atoms with Crippen LogP contribution < -0.4 is 11.1 Å². The molecule has 1 saturated heterocycles. The summed E-state index contributed by atoms with van der Waals surface area (Å²) in [6.07, 6.45) is 2.38. The molecule has 0 saturated carbocycles. The lowest BCUT2D eigenvalue weighted by molar-refractivity contribution is -0.139. The minimum atomic E-state index is -0.746. The third-order valence-corrected chi connectivity index (χ3v) is 5.35. The number of carbonyl (C=O) groups excluding carboxylic acids is 2. The summed E-state index contributed by atoms with van der Waals surface area (Å²) in [5.41, 5.74) is 8.55. The quantitative estimate of drug-likeness (QED) is 0.777. The van der Waals surface area contributed by atoms with Crippen molar-refractivity contribution in [2.75, 3.05) is 13.1 Å². The molecule has 3 rings (SSSR count). The first-order chi connectivity index (χ1) is 13.6. The van der Waals surface area contributed by atoms with Gasteiger partial charge >= 0.3 is 0 Å². The summed E-state index contributed by atoms with van der Waals surface area (Å²) >= 11 is 0. The van der Waals surface area contributed by atoms with Gasteiger partial charge in [0, 0.05) is 19.0 Å². The van der Waals surface area contributed by atoms with Crippen molar-refractivity contribution in [3.63, 3.8) is 0 Å². The fourth-order valence-corrected chi connectivity index (χ4v) is 3.93. The van der Waals surface area contributed by atoms with Crippen LogP contribution in [0.3, 0.4) is 0 Å². The Bertz CT molecular complexity index is 739. The monoisotopic (exact) mass is 379 g/mol. The minimum absolute atomic E-state index is 0.0733. The average molecular weight is 380 g/mol. The molecule has 0 bridgehead atoms. The van der Waals surface area contributed by atoms with Crippen LogP contribution in [0.1, 0.15) is 43.2 Å². The van der Waals surface area contributed by atoms with E-state index in [-0.39, 0.29) is 17.7 Å². The molecule has 3 N–H and O–H groups in total. The standard InChI is InChI=1S/C23H29N3O2/c1-2-15-25-22(27)19-14-9-16-26(19)23(28)21(24)20(17-10-5-3-6-11-17)18-12-7-4-8-13-18/h3-8,10-13,19-21H,2,9,14-16,24H2,1H3,(H,25,27). The first kappa shape index (κ1) is 20.1. The predicted molar refractivity (Wildman–Crippen MR) is 111 cm³/mol. The molecule has 2 unspecified atom stereocenters. The number of hydrogen-bond donors (Lipinski definition) is 2. The molecular weight excluding hydrogens is 350 g/mol. The summed E-state index contributed by atoms with van der Waals surface area (Å²) in [7, 11) is 0. The maximum atomic E-state index is 13.3. The van der Waals surface area contributed by atoms with Crippen molar-refractivity contribution < 1.29 is 9.59 Å². The van der Waals surface area contributed by atoms with Crippen molar-refractivity contribution in [3.05, 3.63) is 71.8 Å². The van der Waals surface area contributed by atoms with Crippen LogP contribution in [0.2, 0.25) is 0 Å². The molecule has 28 heavy (non-hydrogen) atoms. The van der Waals surface area contributed by atoms with Gasteiger partial charge in [0.15, 0.2) is 0 Å². The lowest BCUT2D eigenvalue weighted by Gasteiger charge is -2.31. The smallest absolute Gasteiger partial charge is 0.242 e. The summed E-state index contributed by atoms with van der Waals surface area (Å²) in [5.74, 6) is -0.488. The van der Waals surface area contributed by atoms with E-state index in [2.05, 4.69) is 5.32 Å². The molecule has 1 aliphatic heterocycles. The summed E-state index contributed by atoms with van der Waals surface area (Å²) in [6, 6.07) is 18.6. The Morgan fingerprint density at radius 2 is 1.64 bits per heavy atom. The maximum Gasteiger partial charge on any atom is 0.242 e. The molecule has 1 heterocycles. The van der Waals surface area contributed by atoms with Crippen LogP contribution in [0.5, 0.6) is 0 Å². The first-order valence-electron chi connectivity index (χ1n) is 10.1. The van der Waals surface area contributed by atoms with Crippen molar-refractivity contribution in [2.24, 2.45) is 5.73 Å². The average Bonchev–Trinajstić information content (AvgIpc) is 3.23. The molecule has 2 aromatic rings. The number of nitrogens with two attached hydrogens (primary N) is 1. The lowest BCUT2D eigenvalue weighted by atomic mass is 9.84. The number of amides is 2. The van der Waals surface area contributed by atoms with E-state index in [1.165, 1.54) is 0 Å². The predicted octanol–water partition coefficient (Wildman–Crippen LogP) is 2.66. The first-order valence-corrected chi connectivity index (χ1v) is 10.1. The maximum absolute atomic E-state index is 13.3. The second-order valence-electron chi connectivity index (χ2n) is 7.31. The summed E-state index contributed by atoms with van der Waals surface area (Å²) in [5, 5.41) is 2.92. The topological polar surface area (TPSA) is 75.4 Å². The fourth-order valence-electron chi connectivity index (χ4n) is 3.93. The van der Waals surface area contributed by atoms with Gasteiger partial charge in [-0.2, -0.15) is 0 Å². The largest absolute Gasteiger partial charge is 0.354 e. The SMILES string of the molecule is CCCNC(=O)C1CCCN1C(=O)C(N)C(c1ccccc1)c1ccccc1. The summed E-state index contributed by atoms with van der Waals surface area (Å²) in [4.78, 5) is 27.5. The van der Waals surface area contributed by atoms with Gasteiger partial charge in [-0.1, -0.05) is 67.6 Å². The number of carbonyl (C=O) groups is 2. The van der Waals surface area contributed by atoms with E-state index in [0.29, 0.717) is 19.5 Å². The van der Waals surface area contributed by atoms with Gasteiger partial charge in [-0.05, 0) is 30.4 Å². The van der Waals surface area contributed by atoms with Gasteiger partial charge in [0.25, 0.3) is 0 Å². The lowest BCUT2D eigenvalue weighted by Crippen LogP contribution is -2.53. The zero-order valence-electron chi connectivity index (χ0n) is 16.4. The van der Waals surface area contributed by atoms with Crippen LogP contribution in [0, 0.1) is 0 Å². The Kier molecular flexibility index (Phi) is 6.82. The van der Waals surface area contributed by atoms with Gasteiger partial charge in [-0.25, -0.2) is 0 Å². The Morgan fingerprint density at radius 3 is 2.18 bits per heavy atom. The molecule has 1 fully saturated rings. The zero-order chi connectivity index (χ0) is 19.9. The molecule has 1 aliphatic rings. The fraction of sp³-hybridized carbons (Fsp3) is 0.391. The molecular formula is C23H29N3O2. The Hall–Kier alpha value is -2.66. The van der Waals surface area contributed by atoms with E-state index in [4.69, 9.17) is 5.73 Å². The summed E-state index contributed by atoms with van der Waals surface area (Å²) in [6.45, 7) is 3.21. The second kappa shape index (κ2) is 9.51. The molecule has 2 amide bonds. The third kappa shape index (κ3) is 4.42. The highest BCUT2D eigenvalue weighted by Crippen LogP contribution is 2.29. The molecule has 0 spiro atoms. The highest BCUT2D eigenvalue weighted by molar-refractivity contribution is 5.91. The molecule has 2 atom stereocenters. The van der Waals surface area contributed by atoms with Gasteiger partial charge < -0.3 is 16.0 Å². The van der Waals surface area contributed by atoms with E-state index >= 15 is 0 Å². The highest BCUT2D eigenvalue weighted by atomic mass is 16.2. The Labute approximate surface area is 166 Å². The number of likely N-dealkylation sites (tertiary alicyclic amines) is 1. The van der Waals surface area contributed by atoms with E-state index in [1.807, 2.05) is 67.6 Å². The van der Waals surface area contributed by atoms with Gasteiger partial charge in [-0.3, -0.25) is 9.59 Å². The van der Waals surface area contributed by atoms with Crippen molar-refractivity contribution in [1.82, 2.24) is 10.2 Å². The van der Waals surface area contributed by atoms with Crippen LogP contribution in [0.25, 0.3) is 0 Å². The molecule has 0 aliphatic carbocycles. The molecule has 5 heteroatoms. The summed E-state index contributed by atoms with van der Waals surface area (Å²) < 4.78 is 0. The second-order valence-corrected chi connectivity index (χ2v) is 7.31. The normalized spacial score (nSPS) is 17.5. The zero-order valence-corrected chi connectivity index (χ0v) is 16.4. The van der Waals surface area contributed by atoms with Gasteiger partial charge in [0.2, 0.25) is 11.8 Å². The van der Waals surface area contributed by atoms with Crippen LogP contribution in [-0.4, -0.2) is 41.9 Å². The van der Waals surface area contributed by atoms with Crippen molar-refractivity contribution in [3.8, 4) is 0 Å². The third-order valence-electron chi connectivity index (χ3n) is 5.35. The number of nitrogens with one attached hydrogen (secondary N) is 1. The Morgan fingerprint density at radius 1 is 1.07 bits per heavy atom. The van der Waals surface area contributed by atoms with E-state index in [9.17, 15) is 9.59 Å². The van der Waals surface area contributed by atoms with Gasteiger partial charge in [0.05, 0.1) is 6.04 Å². The number of rotatable bonds is 7. The van der Waals surface area contributed by atoms with Gasteiger partial charge in [0.1, 0.15) is 6.04 Å². The molecule has 148 valence electrons. The van der Waals surface area contributed by atoms with Crippen LogP contribution >= 0.6 is 0 Å². The number of nitrogens with zero attached hydrogens (tertiary/aromatic N) is 1. The van der Waals surface area contributed by atoms with Crippen LogP contribution in [0.4, 0.5) is 0 Å². The number of benzene rings is 2. The highest BCUT2D eigenvalue weighted by Gasteiger charge is 2.38. The van der Waals surface area contributed by atoms with Crippen molar-refractivity contribution in [2.45, 2.75) is 44.2 Å². The van der Waals surface area contributed by atoms with E-state index in [1.54, 1.807) is 4.90 Å². The van der Waals surface area contributed by atoms with Crippen LogP contribution in [0.15, 0.2) is 60.7 Å². The van der Waals surface area contributed by atoms with Crippen molar-refractivity contribution >= 4 is 11.8 Å². The van der Waals surface area contributed by atoms with Crippen LogP contribution in [-0.2, 0) is 9.59 Å². The van der Waals surface area contributed by atoms with Crippen molar-refractivity contribution in [1.29, 1.82) is 0 Å². The molecule has 0 radical (unpaired) electrons. The molecule has 2 aromatic carbocycles. The minimum Gasteiger partial charge on any atom is -0.354 e. The number of hydrogen-bond acceptors (Lipinski definition) is 3. The Balaban J connectivity index is 1.85. The van der Waals surface area contributed by atoms with E-state index < -0.39 is 12.1 Å².